The first kappa shape index (κ1) is 12.2. The summed E-state index contributed by atoms with van der Waals surface area (Å²) in [5.41, 5.74) is 0.902. The van der Waals surface area contributed by atoms with Crippen molar-refractivity contribution >= 4 is 17.2 Å². The van der Waals surface area contributed by atoms with Crippen molar-refractivity contribution in [1.82, 2.24) is 4.90 Å². The van der Waals surface area contributed by atoms with Crippen LogP contribution in [0.15, 0.2) is 16.8 Å². The molecular weight excluding hydrogens is 206 g/mol. The summed E-state index contributed by atoms with van der Waals surface area (Å²) >= 11 is 1.56. The van der Waals surface area contributed by atoms with E-state index in [0.29, 0.717) is 0 Å². The van der Waals surface area contributed by atoms with Gasteiger partial charge in [-0.3, -0.25) is 4.79 Å². The van der Waals surface area contributed by atoms with Gasteiger partial charge in [0.15, 0.2) is 0 Å². The van der Waals surface area contributed by atoms with Crippen LogP contribution in [0.25, 0.3) is 0 Å². The lowest BCUT2D eigenvalue weighted by Crippen LogP contribution is -2.42. The van der Waals surface area contributed by atoms with Gasteiger partial charge in [-0.05, 0) is 23.8 Å². The van der Waals surface area contributed by atoms with E-state index in [2.05, 4.69) is 27.7 Å². The van der Waals surface area contributed by atoms with E-state index < -0.39 is 0 Å². The summed E-state index contributed by atoms with van der Waals surface area (Å²) < 4.78 is 0. The Morgan fingerprint density at radius 1 is 1.47 bits per heavy atom. The highest BCUT2D eigenvalue weighted by Gasteiger charge is 2.27. The van der Waals surface area contributed by atoms with Crippen molar-refractivity contribution in [3.05, 3.63) is 22.4 Å². The van der Waals surface area contributed by atoms with Gasteiger partial charge in [0, 0.05) is 18.5 Å². The Morgan fingerprint density at radius 2 is 2.07 bits per heavy atom. The normalized spacial score (nSPS) is 13.7. The third kappa shape index (κ3) is 2.81. The summed E-state index contributed by atoms with van der Waals surface area (Å²) in [5.74, 6) is 0.110. The van der Waals surface area contributed by atoms with Crippen LogP contribution >= 0.6 is 11.3 Å². The molecule has 15 heavy (non-hydrogen) atoms. The van der Waals surface area contributed by atoms with Crippen LogP contribution in [0.1, 0.15) is 38.1 Å². The first-order valence-electron chi connectivity index (χ1n) is 5.13. The van der Waals surface area contributed by atoms with Gasteiger partial charge in [0.05, 0.1) is 5.56 Å². The van der Waals surface area contributed by atoms with Gasteiger partial charge in [-0.25, -0.2) is 0 Å². The second kappa shape index (κ2) is 4.35. The minimum absolute atomic E-state index is 0.110. The average molecular weight is 225 g/mol. The molecule has 0 saturated carbocycles. The summed E-state index contributed by atoms with van der Waals surface area (Å²) in [6.07, 6.45) is 0. The molecule has 0 spiro atoms. The lowest BCUT2D eigenvalue weighted by molar-refractivity contribution is 0.0630. The molecule has 1 unspecified atom stereocenters. The van der Waals surface area contributed by atoms with Crippen molar-refractivity contribution in [3.63, 3.8) is 0 Å². The number of nitrogens with zero attached hydrogens (tertiary/aromatic N) is 1. The highest BCUT2D eigenvalue weighted by molar-refractivity contribution is 7.08. The Labute approximate surface area is 95.9 Å². The largest absolute Gasteiger partial charge is 0.338 e. The van der Waals surface area contributed by atoms with Gasteiger partial charge in [-0.1, -0.05) is 20.8 Å². The number of hydrogen-bond donors (Lipinski definition) is 0. The Bertz CT molecular complexity index is 324. The maximum absolute atomic E-state index is 12.0. The molecule has 84 valence electrons. The third-order valence-electron chi connectivity index (χ3n) is 2.92. The van der Waals surface area contributed by atoms with Crippen LogP contribution in [0.3, 0.4) is 0 Å². The number of rotatable bonds is 2. The third-order valence-corrected chi connectivity index (χ3v) is 3.61. The molecule has 1 rings (SSSR count). The molecule has 0 radical (unpaired) electrons. The first-order chi connectivity index (χ1) is 6.84. The Morgan fingerprint density at radius 3 is 2.47 bits per heavy atom. The molecule has 0 aliphatic rings. The molecular formula is C12H19NOS. The highest BCUT2D eigenvalue weighted by Crippen LogP contribution is 2.24. The van der Waals surface area contributed by atoms with Crippen LogP contribution in [0.4, 0.5) is 0 Å². The van der Waals surface area contributed by atoms with E-state index in [0.717, 1.165) is 5.56 Å². The lowest BCUT2D eigenvalue weighted by Gasteiger charge is -2.35. The molecule has 1 aromatic rings. The number of hydrogen-bond acceptors (Lipinski definition) is 2. The van der Waals surface area contributed by atoms with Gasteiger partial charge in [0.2, 0.25) is 0 Å². The summed E-state index contributed by atoms with van der Waals surface area (Å²) in [6, 6.07) is 2.10. The molecule has 0 bridgehead atoms. The van der Waals surface area contributed by atoms with Crippen molar-refractivity contribution in [1.29, 1.82) is 0 Å². The molecule has 0 fully saturated rings. The molecule has 1 aromatic heterocycles. The van der Waals surface area contributed by atoms with Crippen molar-refractivity contribution < 1.29 is 4.79 Å². The van der Waals surface area contributed by atoms with Gasteiger partial charge in [-0.2, -0.15) is 11.3 Å². The average Bonchev–Trinajstić information content (AvgIpc) is 2.65. The van der Waals surface area contributed by atoms with E-state index in [1.807, 2.05) is 28.8 Å². The topological polar surface area (TPSA) is 20.3 Å². The zero-order chi connectivity index (χ0) is 11.6. The fourth-order valence-electron chi connectivity index (χ4n) is 1.35. The predicted molar refractivity (Wildman–Crippen MR) is 65.3 cm³/mol. The Kier molecular flexibility index (Phi) is 3.55. The molecule has 1 amide bonds. The number of thiophene rings is 1. The van der Waals surface area contributed by atoms with E-state index >= 15 is 0 Å². The van der Waals surface area contributed by atoms with Crippen molar-refractivity contribution in [3.8, 4) is 0 Å². The Hall–Kier alpha value is -0.830. The fourth-order valence-corrected chi connectivity index (χ4v) is 1.98. The minimum atomic E-state index is 0.110. The second-order valence-electron chi connectivity index (χ2n) is 4.97. The van der Waals surface area contributed by atoms with Crippen LogP contribution in [-0.2, 0) is 0 Å². The minimum Gasteiger partial charge on any atom is -0.338 e. The number of amides is 1. The lowest BCUT2D eigenvalue weighted by atomic mass is 9.87. The first-order valence-corrected chi connectivity index (χ1v) is 6.07. The van der Waals surface area contributed by atoms with E-state index in [4.69, 9.17) is 0 Å². The zero-order valence-corrected chi connectivity index (χ0v) is 10.9. The molecule has 0 saturated heterocycles. The summed E-state index contributed by atoms with van der Waals surface area (Å²) in [4.78, 5) is 13.8. The molecule has 1 atom stereocenters. The molecule has 0 aliphatic heterocycles. The maximum Gasteiger partial charge on any atom is 0.254 e. The molecule has 3 heteroatoms. The van der Waals surface area contributed by atoms with Crippen LogP contribution in [0, 0.1) is 5.41 Å². The second-order valence-corrected chi connectivity index (χ2v) is 5.75. The van der Waals surface area contributed by atoms with Crippen molar-refractivity contribution in [2.45, 2.75) is 33.7 Å². The van der Waals surface area contributed by atoms with Gasteiger partial charge < -0.3 is 4.90 Å². The van der Waals surface area contributed by atoms with Gasteiger partial charge in [-0.15, -0.1) is 0 Å². The van der Waals surface area contributed by atoms with Crippen molar-refractivity contribution in [2.24, 2.45) is 5.41 Å². The predicted octanol–water partition coefficient (Wildman–Crippen LogP) is 3.25. The molecule has 1 heterocycles. The summed E-state index contributed by atoms with van der Waals surface area (Å²) in [5, 5.41) is 3.83. The smallest absolute Gasteiger partial charge is 0.254 e. The maximum atomic E-state index is 12.0. The van der Waals surface area contributed by atoms with E-state index in [1.165, 1.54) is 0 Å². The van der Waals surface area contributed by atoms with Crippen molar-refractivity contribution in [2.75, 3.05) is 7.05 Å². The van der Waals surface area contributed by atoms with Gasteiger partial charge >= 0.3 is 0 Å². The standard InChI is InChI=1S/C12H19NOS/c1-9(12(2,3)4)13(5)11(14)10-6-7-15-8-10/h6-9H,1-5H3. The van der Waals surface area contributed by atoms with Crippen LogP contribution in [-0.4, -0.2) is 23.9 Å². The van der Waals surface area contributed by atoms with Gasteiger partial charge in [0.1, 0.15) is 0 Å². The van der Waals surface area contributed by atoms with E-state index in [1.54, 1.807) is 11.3 Å². The fraction of sp³-hybridized carbons (Fsp3) is 0.583. The molecule has 0 N–H and O–H groups in total. The number of carbonyl (C=O) groups is 1. The quantitative estimate of drug-likeness (QED) is 0.756. The van der Waals surface area contributed by atoms with Gasteiger partial charge in [0.25, 0.3) is 5.91 Å². The molecule has 2 nitrogen and oxygen atoms in total. The highest BCUT2D eigenvalue weighted by atomic mass is 32.1. The summed E-state index contributed by atoms with van der Waals surface area (Å²) in [6.45, 7) is 8.53. The molecule has 0 aromatic carbocycles. The van der Waals surface area contributed by atoms with E-state index in [9.17, 15) is 4.79 Å². The zero-order valence-electron chi connectivity index (χ0n) is 10.1. The summed E-state index contributed by atoms with van der Waals surface area (Å²) in [7, 11) is 1.87. The monoisotopic (exact) mass is 225 g/mol. The van der Waals surface area contributed by atoms with Crippen LogP contribution in [0.2, 0.25) is 0 Å². The number of carbonyl (C=O) groups excluding carboxylic acids is 1. The van der Waals surface area contributed by atoms with Crippen LogP contribution < -0.4 is 0 Å². The SMILES string of the molecule is CC(N(C)C(=O)c1ccsc1)C(C)(C)C. The van der Waals surface area contributed by atoms with E-state index in [-0.39, 0.29) is 17.4 Å². The Balaban J connectivity index is 2.78. The molecule has 0 aliphatic carbocycles. The van der Waals surface area contributed by atoms with Crippen LogP contribution in [0.5, 0.6) is 0 Å².